The summed E-state index contributed by atoms with van der Waals surface area (Å²) in [4.78, 5) is 22.6. The number of nitro benzene ring substituents is 1. The molecule has 1 aliphatic heterocycles. The van der Waals surface area contributed by atoms with Gasteiger partial charge in [0.25, 0.3) is 11.6 Å². The van der Waals surface area contributed by atoms with E-state index in [1.807, 2.05) is 0 Å². The second-order valence-corrected chi connectivity index (χ2v) is 8.35. The number of rotatable bonds is 7. The number of carbonyl (C=O) groups excluding carboxylic acids is 1. The minimum atomic E-state index is -6.78. The van der Waals surface area contributed by atoms with Crippen molar-refractivity contribution in [3.8, 4) is 5.75 Å². The van der Waals surface area contributed by atoms with Crippen molar-refractivity contribution in [3.63, 3.8) is 0 Å². The number of non-ortho nitro benzene ring substituents is 1. The van der Waals surface area contributed by atoms with Crippen molar-refractivity contribution in [2.24, 2.45) is 5.10 Å². The number of hydrazone groups is 1. The largest absolute Gasteiger partial charge is 0.484 e. The molecule has 0 bridgehead atoms. The predicted octanol–water partition coefficient (Wildman–Crippen LogP) is 4.89. The highest BCUT2D eigenvalue weighted by molar-refractivity contribution is 9.10. The molecule has 0 saturated heterocycles. The number of amides is 1. The zero-order valence-corrected chi connectivity index (χ0v) is 19.1. The summed E-state index contributed by atoms with van der Waals surface area (Å²) >= 11 is 3.09. The maximum Gasteiger partial charge on any atom is 0.460 e. The van der Waals surface area contributed by atoms with E-state index in [4.69, 9.17) is 4.74 Å². The molecule has 2 aromatic carbocycles. The van der Waals surface area contributed by atoms with Gasteiger partial charge in [-0.3, -0.25) is 14.9 Å². The van der Waals surface area contributed by atoms with Crippen LogP contribution in [-0.4, -0.2) is 57.0 Å². The summed E-state index contributed by atoms with van der Waals surface area (Å²) in [5, 5.41) is 24.1. The third-order valence-electron chi connectivity index (χ3n) is 5.06. The van der Waals surface area contributed by atoms with Crippen molar-refractivity contribution in [1.29, 1.82) is 0 Å². The van der Waals surface area contributed by atoms with Gasteiger partial charge in [-0.2, -0.15) is 40.8 Å². The van der Waals surface area contributed by atoms with Crippen molar-refractivity contribution in [2.75, 3.05) is 6.61 Å². The van der Waals surface area contributed by atoms with Crippen molar-refractivity contribution in [2.45, 2.75) is 30.2 Å². The summed E-state index contributed by atoms with van der Waals surface area (Å²) in [6.45, 7) is -1.25. The fraction of sp³-hybridized carbons (Fsp3) is 0.300. The number of carbonyl (C=O) groups is 1. The Morgan fingerprint density at radius 2 is 1.64 bits per heavy atom. The fourth-order valence-corrected chi connectivity index (χ4v) is 3.42. The van der Waals surface area contributed by atoms with E-state index in [9.17, 15) is 50.7 Å². The lowest BCUT2D eigenvalue weighted by molar-refractivity contribution is -0.401. The van der Waals surface area contributed by atoms with E-state index in [2.05, 4.69) is 21.0 Å². The van der Waals surface area contributed by atoms with Crippen LogP contribution in [0.25, 0.3) is 0 Å². The number of nitrogens with zero attached hydrogens (tertiary/aromatic N) is 3. The standard InChI is InChI=1S/C20H13BrF7N3O5/c21-12-3-1-11(2-4-12)15-9-17(33,18(22,23)19(24,25)20(26,27)28)30(29-15)16(32)10-36-14-7-5-13(6-8-14)31(34)35/h1-8,33H,9-10H2/t17-/m1/s1. The predicted molar refractivity (Wildman–Crippen MR) is 112 cm³/mol. The van der Waals surface area contributed by atoms with Gasteiger partial charge in [0.1, 0.15) is 5.75 Å². The van der Waals surface area contributed by atoms with Gasteiger partial charge < -0.3 is 9.84 Å². The molecule has 16 heteroatoms. The molecule has 0 fully saturated rings. The maximum absolute atomic E-state index is 14.7. The lowest BCUT2D eigenvalue weighted by Gasteiger charge is -2.41. The molecule has 8 nitrogen and oxygen atoms in total. The van der Waals surface area contributed by atoms with Crippen LogP contribution in [-0.2, 0) is 4.79 Å². The molecule has 0 radical (unpaired) electrons. The van der Waals surface area contributed by atoms with E-state index in [-0.39, 0.29) is 17.0 Å². The number of halogens is 8. The van der Waals surface area contributed by atoms with Gasteiger partial charge in [-0.05, 0) is 29.8 Å². The summed E-state index contributed by atoms with van der Waals surface area (Å²) in [5.74, 6) is -14.9. The van der Waals surface area contributed by atoms with Crippen LogP contribution in [0, 0.1) is 10.1 Å². The first-order chi connectivity index (χ1) is 16.5. The molecule has 1 aliphatic rings. The lowest BCUT2D eigenvalue weighted by atomic mass is 9.91. The first kappa shape index (κ1) is 27.3. The highest BCUT2D eigenvalue weighted by Gasteiger charge is 2.82. The fourth-order valence-electron chi connectivity index (χ4n) is 3.16. The Morgan fingerprint density at radius 3 is 2.14 bits per heavy atom. The maximum atomic E-state index is 14.7. The van der Waals surface area contributed by atoms with E-state index in [0.29, 0.717) is 4.47 Å². The first-order valence-corrected chi connectivity index (χ1v) is 10.4. The summed E-state index contributed by atoms with van der Waals surface area (Å²) in [5.41, 5.74) is -5.41. The van der Waals surface area contributed by atoms with Gasteiger partial charge in [-0.15, -0.1) is 0 Å². The number of aliphatic hydroxyl groups is 1. The molecule has 36 heavy (non-hydrogen) atoms. The highest BCUT2D eigenvalue weighted by atomic mass is 79.9. The van der Waals surface area contributed by atoms with Gasteiger partial charge in [0, 0.05) is 23.0 Å². The van der Waals surface area contributed by atoms with Gasteiger partial charge in [0.2, 0.25) is 5.72 Å². The Balaban J connectivity index is 1.97. The van der Waals surface area contributed by atoms with Crippen molar-refractivity contribution in [3.05, 3.63) is 68.7 Å². The van der Waals surface area contributed by atoms with E-state index in [1.54, 1.807) is 0 Å². The Bertz CT molecular complexity index is 1190. The first-order valence-electron chi connectivity index (χ1n) is 9.60. The summed E-state index contributed by atoms with van der Waals surface area (Å²) in [6, 6.07) is 9.20. The summed E-state index contributed by atoms with van der Waals surface area (Å²) in [7, 11) is 0. The number of hydrogen-bond donors (Lipinski definition) is 1. The zero-order valence-electron chi connectivity index (χ0n) is 17.5. The van der Waals surface area contributed by atoms with Crippen LogP contribution in [0.15, 0.2) is 58.1 Å². The van der Waals surface area contributed by atoms with Crippen LogP contribution in [0.5, 0.6) is 5.75 Å². The molecule has 1 amide bonds. The number of alkyl halides is 7. The summed E-state index contributed by atoms with van der Waals surface area (Å²) < 4.78 is 101. The van der Waals surface area contributed by atoms with Crippen LogP contribution in [0.1, 0.15) is 12.0 Å². The molecular formula is C20H13BrF7N3O5. The average Bonchev–Trinajstić information content (AvgIpc) is 3.16. The smallest absolute Gasteiger partial charge is 0.460 e. The van der Waals surface area contributed by atoms with E-state index in [0.717, 1.165) is 24.3 Å². The highest BCUT2D eigenvalue weighted by Crippen LogP contribution is 2.54. The van der Waals surface area contributed by atoms with Gasteiger partial charge in [-0.1, -0.05) is 28.1 Å². The van der Waals surface area contributed by atoms with Crippen LogP contribution in [0.2, 0.25) is 0 Å². The number of hydrogen-bond acceptors (Lipinski definition) is 6. The molecule has 0 aliphatic carbocycles. The Labute approximate surface area is 205 Å². The molecule has 3 rings (SSSR count). The van der Waals surface area contributed by atoms with Crippen LogP contribution in [0.4, 0.5) is 36.4 Å². The summed E-state index contributed by atoms with van der Waals surface area (Å²) in [6.07, 6.45) is -8.35. The Kier molecular flexibility index (Phi) is 7.07. The molecule has 0 saturated carbocycles. The Hall–Kier alpha value is -3.27. The molecule has 2 aromatic rings. The minimum Gasteiger partial charge on any atom is -0.484 e. The van der Waals surface area contributed by atoms with Crippen LogP contribution in [0.3, 0.4) is 0 Å². The second-order valence-electron chi connectivity index (χ2n) is 7.44. The average molecular weight is 588 g/mol. The van der Waals surface area contributed by atoms with Gasteiger partial charge >= 0.3 is 18.0 Å². The Morgan fingerprint density at radius 1 is 1.08 bits per heavy atom. The van der Waals surface area contributed by atoms with E-state index < -0.39 is 58.3 Å². The minimum absolute atomic E-state index is 0.0469. The quantitative estimate of drug-likeness (QED) is 0.282. The topological polar surface area (TPSA) is 105 Å². The molecule has 1 heterocycles. The zero-order chi connectivity index (χ0) is 27.1. The van der Waals surface area contributed by atoms with Gasteiger partial charge in [-0.25, -0.2) is 0 Å². The second kappa shape index (κ2) is 9.31. The third-order valence-corrected chi connectivity index (χ3v) is 5.59. The third kappa shape index (κ3) is 4.74. The van der Waals surface area contributed by atoms with Gasteiger partial charge in [0.15, 0.2) is 6.61 Å². The van der Waals surface area contributed by atoms with Crippen molar-refractivity contribution >= 4 is 33.2 Å². The molecule has 1 atom stereocenters. The molecule has 194 valence electrons. The van der Waals surface area contributed by atoms with Gasteiger partial charge in [0.05, 0.1) is 10.6 Å². The lowest BCUT2D eigenvalue weighted by Crippen LogP contribution is -2.69. The molecule has 0 aromatic heterocycles. The SMILES string of the molecule is O=C(COc1ccc([N+](=O)[O-])cc1)N1N=C(c2ccc(Br)cc2)C[C@@]1(O)C(F)(F)C(F)(F)C(F)(F)F. The normalized spacial score (nSPS) is 18.7. The molecular weight excluding hydrogens is 575 g/mol. The van der Waals surface area contributed by atoms with Crippen LogP contribution >= 0.6 is 15.9 Å². The van der Waals surface area contributed by atoms with Crippen molar-refractivity contribution in [1.82, 2.24) is 5.01 Å². The van der Waals surface area contributed by atoms with Crippen LogP contribution < -0.4 is 4.74 Å². The molecule has 0 unspecified atom stereocenters. The van der Waals surface area contributed by atoms with Crippen molar-refractivity contribution < 1.29 is 50.3 Å². The molecule has 1 N–H and O–H groups in total. The van der Waals surface area contributed by atoms with E-state index in [1.165, 1.54) is 24.3 Å². The van der Waals surface area contributed by atoms with E-state index >= 15 is 0 Å². The number of ether oxygens (including phenoxy) is 1. The molecule has 0 spiro atoms. The number of nitro groups is 1. The monoisotopic (exact) mass is 587 g/mol. The number of benzene rings is 2.